The normalized spacial score (nSPS) is 11.7. The van der Waals surface area contributed by atoms with Crippen LogP contribution < -0.4 is 16.0 Å². The van der Waals surface area contributed by atoms with E-state index in [1.807, 2.05) is 11.9 Å². The van der Waals surface area contributed by atoms with Gasteiger partial charge in [-0.25, -0.2) is 17.9 Å². The van der Waals surface area contributed by atoms with Crippen LogP contribution in [0.3, 0.4) is 0 Å². The number of rotatable bonds is 7. The van der Waals surface area contributed by atoms with Gasteiger partial charge in [0, 0.05) is 25.5 Å². The summed E-state index contributed by atoms with van der Waals surface area (Å²) >= 11 is 0. The first kappa shape index (κ1) is 15.6. The first-order valence-electron chi connectivity index (χ1n) is 5.79. The zero-order valence-corrected chi connectivity index (χ0v) is 11.6. The molecule has 0 radical (unpaired) electrons. The first-order valence-corrected chi connectivity index (χ1v) is 7.27. The Morgan fingerprint density at radius 3 is 2.53 bits per heavy atom. The van der Waals surface area contributed by atoms with Gasteiger partial charge in [0.1, 0.15) is 0 Å². The molecule has 0 saturated heterocycles. The Morgan fingerprint density at radius 1 is 1.26 bits per heavy atom. The van der Waals surface area contributed by atoms with Gasteiger partial charge < -0.3 is 9.72 Å². The van der Waals surface area contributed by atoms with Crippen molar-refractivity contribution in [3.63, 3.8) is 0 Å². The highest BCUT2D eigenvalue weighted by atomic mass is 32.2. The first-order chi connectivity index (χ1) is 8.88. The molecule has 0 bridgehead atoms. The van der Waals surface area contributed by atoms with Crippen LogP contribution in [-0.4, -0.2) is 38.1 Å². The van der Waals surface area contributed by atoms with Crippen LogP contribution in [0.2, 0.25) is 0 Å². The Hall–Kier alpha value is -1.45. The number of H-pyrrole nitrogens is 2. The molecule has 0 amide bonds. The molecule has 0 saturated carbocycles. The van der Waals surface area contributed by atoms with Gasteiger partial charge in [0.05, 0.1) is 0 Å². The number of nitrogens with one attached hydrogen (secondary N) is 3. The molecule has 1 aromatic rings. The maximum Gasteiger partial charge on any atom is 0.325 e. The van der Waals surface area contributed by atoms with Gasteiger partial charge in [0.15, 0.2) is 4.90 Å². The summed E-state index contributed by atoms with van der Waals surface area (Å²) < 4.78 is 31.2. The smallest absolute Gasteiger partial charge is 0.325 e. The highest BCUT2D eigenvalue weighted by molar-refractivity contribution is 7.89. The Morgan fingerprint density at radius 2 is 1.95 bits per heavy atom. The topological polar surface area (TPSA) is 121 Å². The van der Waals surface area contributed by atoms with Crippen LogP contribution in [0.25, 0.3) is 0 Å². The van der Waals surface area contributed by atoms with E-state index in [1.54, 1.807) is 0 Å². The molecule has 19 heavy (non-hydrogen) atoms. The Bertz CT molecular complexity index is 631. The molecule has 1 aromatic heterocycles. The van der Waals surface area contributed by atoms with Crippen molar-refractivity contribution < 1.29 is 13.2 Å². The summed E-state index contributed by atoms with van der Waals surface area (Å²) in [6.45, 7) is 4.34. The van der Waals surface area contributed by atoms with E-state index in [-0.39, 0.29) is 12.2 Å². The maximum absolute atomic E-state index is 11.9. The second-order valence-corrected chi connectivity index (χ2v) is 5.51. The number of aromatic amines is 2. The predicted octanol–water partition coefficient (Wildman–Crippen LogP) is -0.923. The molecule has 1 heterocycles. The van der Waals surface area contributed by atoms with E-state index < -0.39 is 26.2 Å². The molecule has 0 aliphatic heterocycles. The molecule has 0 fully saturated rings. The zero-order chi connectivity index (χ0) is 14.5. The Kier molecular flexibility index (Phi) is 5.45. The summed E-state index contributed by atoms with van der Waals surface area (Å²) in [4.78, 5) is 26.2. The summed E-state index contributed by atoms with van der Waals surface area (Å²) in [5, 5.41) is 0. The summed E-state index contributed by atoms with van der Waals surface area (Å²) in [5.74, 6) is 0. The van der Waals surface area contributed by atoms with Crippen LogP contribution in [0.15, 0.2) is 14.5 Å². The van der Waals surface area contributed by atoms with Crippen molar-refractivity contribution in [1.82, 2.24) is 14.7 Å². The molecular formula is C10H17N3O5S. The molecule has 3 N–H and O–H groups in total. The third kappa shape index (κ3) is 4.30. The lowest BCUT2D eigenvalue weighted by Gasteiger charge is -2.07. The van der Waals surface area contributed by atoms with Crippen molar-refractivity contribution in [2.75, 3.05) is 19.8 Å². The number of aromatic nitrogens is 2. The quantitative estimate of drug-likeness (QED) is 0.561. The molecule has 0 aliphatic rings. The fraction of sp³-hybridized carbons (Fsp3) is 0.600. The average Bonchev–Trinajstić information content (AvgIpc) is 2.26. The molecule has 1 rings (SSSR count). The van der Waals surface area contributed by atoms with Gasteiger partial charge in [-0.2, -0.15) is 0 Å². The third-order valence-corrected chi connectivity index (χ3v) is 3.92. The fourth-order valence-corrected chi connectivity index (χ4v) is 2.82. The van der Waals surface area contributed by atoms with E-state index in [9.17, 15) is 18.0 Å². The molecule has 8 nitrogen and oxygen atoms in total. The van der Waals surface area contributed by atoms with Crippen LogP contribution in [0.4, 0.5) is 0 Å². The van der Waals surface area contributed by atoms with Gasteiger partial charge in [-0.05, 0) is 20.3 Å². The molecule has 108 valence electrons. The van der Waals surface area contributed by atoms with Gasteiger partial charge in [-0.15, -0.1) is 0 Å². The lowest BCUT2D eigenvalue weighted by molar-refractivity contribution is 0.146. The van der Waals surface area contributed by atoms with E-state index in [2.05, 4.69) is 9.71 Å². The molecule has 0 unspecified atom stereocenters. The van der Waals surface area contributed by atoms with Crippen molar-refractivity contribution in [2.24, 2.45) is 0 Å². The van der Waals surface area contributed by atoms with Gasteiger partial charge in [0.2, 0.25) is 10.0 Å². The minimum atomic E-state index is -3.95. The Balaban J connectivity index is 2.84. The maximum atomic E-state index is 11.9. The van der Waals surface area contributed by atoms with Crippen molar-refractivity contribution >= 4 is 10.0 Å². The van der Waals surface area contributed by atoms with E-state index in [4.69, 9.17) is 4.74 Å². The molecular weight excluding hydrogens is 274 g/mol. The fourth-order valence-electron chi connectivity index (χ4n) is 1.51. The minimum Gasteiger partial charge on any atom is -0.382 e. The number of sulfonamides is 1. The third-order valence-electron chi connectivity index (χ3n) is 2.31. The number of hydrogen-bond donors (Lipinski definition) is 3. The number of aryl methyl sites for hydroxylation is 1. The van der Waals surface area contributed by atoms with Crippen LogP contribution in [0.1, 0.15) is 19.0 Å². The lowest BCUT2D eigenvalue weighted by atomic mass is 10.4. The summed E-state index contributed by atoms with van der Waals surface area (Å²) in [7, 11) is -3.95. The van der Waals surface area contributed by atoms with E-state index in [1.165, 1.54) is 6.92 Å². The van der Waals surface area contributed by atoms with Crippen LogP contribution in [0.5, 0.6) is 0 Å². The molecule has 9 heteroatoms. The van der Waals surface area contributed by atoms with Gasteiger partial charge in [-0.1, -0.05) is 0 Å². The average molecular weight is 291 g/mol. The SMILES string of the molecule is CCOCCCNS(=O)(=O)c1c(C)[nH]c(=O)[nH]c1=O. The van der Waals surface area contributed by atoms with Crippen LogP contribution in [0, 0.1) is 6.92 Å². The van der Waals surface area contributed by atoms with Crippen molar-refractivity contribution in [2.45, 2.75) is 25.2 Å². The highest BCUT2D eigenvalue weighted by Gasteiger charge is 2.21. The molecule has 0 atom stereocenters. The molecule has 0 spiro atoms. The minimum absolute atomic E-state index is 0.00561. The van der Waals surface area contributed by atoms with Gasteiger partial charge >= 0.3 is 5.69 Å². The monoisotopic (exact) mass is 291 g/mol. The van der Waals surface area contributed by atoms with Gasteiger partial charge in [0.25, 0.3) is 5.56 Å². The van der Waals surface area contributed by atoms with Crippen molar-refractivity contribution in [3.05, 3.63) is 26.5 Å². The van der Waals surface area contributed by atoms with E-state index in [0.717, 1.165) is 0 Å². The Labute approximate surface area is 110 Å². The summed E-state index contributed by atoms with van der Waals surface area (Å²) in [5.41, 5.74) is -1.66. The van der Waals surface area contributed by atoms with Crippen molar-refractivity contribution in [3.8, 4) is 0 Å². The van der Waals surface area contributed by atoms with Crippen LogP contribution in [-0.2, 0) is 14.8 Å². The lowest BCUT2D eigenvalue weighted by Crippen LogP contribution is -2.35. The highest BCUT2D eigenvalue weighted by Crippen LogP contribution is 2.04. The summed E-state index contributed by atoms with van der Waals surface area (Å²) in [6.07, 6.45) is 0.493. The van der Waals surface area contributed by atoms with E-state index in [0.29, 0.717) is 19.6 Å². The second-order valence-electron chi connectivity index (χ2n) is 3.81. The summed E-state index contributed by atoms with van der Waals surface area (Å²) in [6, 6.07) is 0. The predicted molar refractivity (Wildman–Crippen MR) is 68.7 cm³/mol. The van der Waals surface area contributed by atoms with Gasteiger partial charge in [-0.3, -0.25) is 9.78 Å². The number of ether oxygens (including phenoxy) is 1. The largest absolute Gasteiger partial charge is 0.382 e. The second kappa shape index (κ2) is 6.64. The molecule has 0 aliphatic carbocycles. The molecule has 0 aromatic carbocycles. The van der Waals surface area contributed by atoms with E-state index >= 15 is 0 Å². The van der Waals surface area contributed by atoms with Crippen LogP contribution >= 0.6 is 0 Å². The van der Waals surface area contributed by atoms with Crippen molar-refractivity contribution in [1.29, 1.82) is 0 Å². The number of hydrogen-bond acceptors (Lipinski definition) is 5. The standard InChI is InChI=1S/C10H17N3O5S/c1-3-18-6-4-5-11-19(16,17)8-7(2)12-10(15)13-9(8)14/h11H,3-6H2,1-2H3,(H2,12,13,14,15). The zero-order valence-electron chi connectivity index (χ0n) is 10.8.